The van der Waals surface area contributed by atoms with Crippen LogP contribution >= 0.6 is 23.1 Å². The lowest BCUT2D eigenvalue weighted by atomic mass is 10.3. The minimum atomic E-state index is -0.992. The number of rotatable bonds is 6. The molecule has 0 spiro atoms. The summed E-state index contributed by atoms with van der Waals surface area (Å²) in [5, 5.41) is 13.2. The number of carbonyl (C=O) groups is 2. The van der Waals surface area contributed by atoms with E-state index in [1.165, 1.54) is 17.4 Å². The Labute approximate surface area is 132 Å². The van der Waals surface area contributed by atoms with E-state index in [9.17, 15) is 9.59 Å². The molecule has 1 aromatic heterocycles. The molecule has 1 fully saturated rings. The molecule has 2 rings (SSSR count). The van der Waals surface area contributed by atoms with Gasteiger partial charge >= 0.3 is 5.97 Å². The zero-order chi connectivity index (χ0) is 15.1. The van der Waals surface area contributed by atoms with E-state index in [2.05, 4.69) is 10.2 Å². The van der Waals surface area contributed by atoms with E-state index in [1.54, 1.807) is 11.4 Å². The predicted molar refractivity (Wildman–Crippen MR) is 87.1 cm³/mol. The predicted octanol–water partition coefficient (Wildman–Crippen LogP) is 1.62. The van der Waals surface area contributed by atoms with Crippen molar-refractivity contribution in [2.45, 2.75) is 0 Å². The highest BCUT2D eigenvalue weighted by atomic mass is 32.2. The molecule has 5 nitrogen and oxygen atoms in total. The zero-order valence-corrected chi connectivity index (χ0v) is 13.2. The third-order valence-corrected chi connectivity index (χ3v) is 4.93. The Balaban J connectivity index is 1.76. The van der Waals surface area contributed by atoms with Gasteiger partial charge in [0.2, 0.25) is 0 Å². The summed E-state index contributed by atoms with van der Waals surface area (Å²) in [4.78, 5) is 25.5. The van der Waals surface area contributed by atoms with Crippen LogP contribution in [0.4, 0.5) is 0 Å². The lowest BCUT2D eigenvalue weighted by molar-refractivity contribution is -0.131. The Kier molecular flexibility index (Phi) is 6.28. The molecule has 1 aliphatic rings. The van der Waals surface area contributed by atoms with Crippen molar-refractivity contribution >= 4 is 41.1 Å². The van der Waals surface area contributed by atoms with Crippen LogP contribution in [-0.2, 0) is 4.79 Å². The van der Waals surface area contributed by atoms with Gasteiger partial charge in [0.05, 0.1) is 5.56 Å². The molecule has 1 saturated heterocycles. The number of hydrogen-bond donors (Lipinski definition) is 2. The first-order chi connectivity index (χ1) is 10.1. The van der Waals surface area contributed by atoms with Gasteiger partial charge in [0.15, 0.2) is 0 Å². The number of thioether (sulfide) groups is 1. The number of aliphatic carboxylic acids is 1. The van der Waals surface area contributed by atoms with Gasteiger partial charge in [-0.25, -0.2) is 4.79 Å². The van der Waals surface area contributed by atoms with Crippen LogP contribution in [0.25, 0.3) is 6.08 Å². The molecular weight excluding hydrogens is 308 g/mol. The van der Waals surface area contributed by atoms with Gasteiger partial charge in [0, 0.05) is 54.0 Å². The number of amides is 1. The van der Waals surface area contributed by atoms with Gasteiger partial charge < -0.3 is 10.4 Å². The van der Waals surface area contributed by atoms with Crippen LogP contribution in [0.2, 0.25) is 0 Å². The number of nitrogens with zero attached hydrogens (tertiary/aromatic N) is 1. The summed E-state index contributed by atoms with van der Waals surface area (Å²) in [6.07, 6.45) is 2.57. The molecule has 0 saturated carbocycles. The van der Waals surface area contributed by atoms with E-state index in [-0.39, 0.29) is 5.91 Å². The monoisotopic (exact) mass is 326 g/mol. The van der Waals surface area contributed by atoms with Gasteiger partial charge in [-0.15, -0.1) is 11.3 Å². The second kappa shape index (κ2) is 8.21. The maximum atomic E-state index is 12.0. The number of carboxylic acid groups (broad SMARTS) is 1. The molecule has 2 heterocycles. The van der Waals surface area contributed by atoms with Crippen molar-refractivity contribution in [2.75, 3.05) is 37.7 Å². The van der Waals surface area contributed by atoms with Crippen molar-refractivity contribution < 1.29 is 14.7 Å². The standard InChI is InChI=1S/C14H18N2O3S2/c17-13(18)2-1-12-9-11(10-21-12)14(19)15-3-4-16-5-7-20-8-6-16/h1-2,9-10H,3-8H2,(H,15,19)(H,17,18)/b2-1+. The van der Waals surface area contributed by atoms with Gasteiger partial charge in [-0.05, 0) is 12.1 Å². The molecule has 7 heteroatoms. The lowest BCUT2D eigenvalue weighted by Gasteiger charge is -2.25. The number of carbonyl (C=O) groups excluding carboxylic acids is 1. The number of carboxylic acids is 1. The van der Waals surface area contributed by atoms with Crippen molar-refractivity contribution in [3.63, 3.8) is 0 Å². The fourth-order valence-electron chi connectivity index (χ4n) is 1.97. The molecule has 2 N–H and O–H groups in total. The smallest absolute Gasteiger partial charge is 0.328 e. The molecular formula is C14H18N2O3S2. The van der Waals surface area contributed by atoms with Crippen LogP contribution in [0.15, 0.2) is 17.5 Å². The van der Waals surface area contributed by atoms with Gasteiger partial charge in [-0.1, -0.05) is 0 Å². The normalized spacial score (nSPS) is 16.2. The molecule has 114 valence electrons. The second-order valence-electron chi connectivity index (χ2n) is 4.62. The van der Waals surface area contributed by atoms with Gasteiger partial charge in [0.25, 0.3) is 5.91 Å². The molecule has 0 atom stereocenters. The highest BCUT2D eigenvalue weighted by molar-refractivity contribution is 7.99. The van der Waals surface area contributed by atoms with Crippen molar-refractivity contribution in [1.29, 1.82) is 0 Å². The van der Waals surface area contributed by atoms with Crippen LogP contribution in [0.5, 0.6) is 0 Å². The van der Waals surface area contributed by atoms with Crippen LogP contribution < -0.4 is 5.32 Å². The minimum absolute atomic E-state index is 0.104. The highest BCUT2D eigenvalue weighted by Gasteiger charge is 2.11. The summed E-state index contributed by atoms with van der Waals surface area (Å²) in [6.45, 7) is 3.69. The summed E-state index contributed by atoms with van der Waals surface area (Å²) >= 11 is 3.33. The third kappa shape index (κ3) is 5.53. The van der Waals surface area contributed by atoms with Crippen LogP contribution in [0.1, 0.15) is 15.2 Å². The van der Waals surface area contributed by atoms with Crippen molar-refractivity contribution in [3.05, 3.63) is 28.0 Å². The minimum Gasteiger partial charge on any atom is -0.478 e. The number of thiophene rings is 1. The van der Waals surface area contributed by atoms with E-state index in [0.717, 1.165) is 42.1 Å². The molecule has 1 aromatic rings. The van der Waals surface area contributed by atoms with Crippen LogP contribution in [-0.4, -0.2) is 59.6 Å². The SMILES string of the molecule is O=C(O)/C=C/c1cc(C(=O)NCCN2CCSCC2)cs1. The van der Waals surface area contributed by atoms with Gasteiger partial charge in [0.1, 0.15) is 0 Å². The number of nitrogens with one attached hydrogen (secondary N) is 1. The molecule has 1 amide bonds. The van der Waals surface area contributed by atoms with E-state index in [4.69, 9.17) is 5.11 Å². The molecule has 0 aromatic carbocycles. The van der Waals surface area contributed by atoms with E-state index in [0.29, 0.717) is 12.1 Å². The molecule has 0 bridgehead atoms. The Morgan fingerprint density at radius 2 is 2.14 bits per heavy atom. The van der Waals surface area contributed by atoms with E-state index < -0.39 is 5.97 Å². The van der Waals surface area contributed by atoms with Crippen LogP contribution in [0.3, 0.4) is 0 Å². The Morgan fingerprint density at radius 3 is 2.86 bits per heavy atom. The first-order valence-corrected chi connectivity index (χ1v) is 8.76. The Morgan fingerprint density at radius 1 is 1.38 bits per heavy atom. The Hall–Kier alpha value is -1.31. The fraction of sp³-hybridized carbons (Fsp3) is 0.429. The largest absolute Gasteiger partial charge is 0.478 e. The first kappa shape index (κ1) is 16.1. The van der Waals surface area contributed by atoms with Crippen molar-refractivity contribution in [2.24, 2.45) is 0 Å². The summed E-state index contributed by atoms with van der Waals surface area (Å²) in [5.41, 5.74) is 0.583. The van der Waals surface area contributed by atoms with Crippen molar-refractivity contribution in [1.82, 2.24) is 10.2 Å². The summed E-state index contributed by atoms with van der Waals surface area (Å²) in [5.74, 6) is 1.23. The third-order valence-electron chi connectivity index (χ3n) is 3.09. The maximum absolute atomic E-state index is 12.0. The number of hydrogen-bond acceptors (Lipinski definition) is 5. The van der Waals surface area contributed by atoms with E-state index >= 15 is 0 Å². The van der Waals surface area contributed by atoms with Crippen LogP contribution in [0, 0.1) is 0 Å². The summed E-state index contributed by atoms with van der Waals surface area (Å²) < 4.78 is 0. The average Bonchev–Trinajstić information content (AvgIpc) is 2.95. The molecule has 0 unspecified atom stereocenters. The summed E-state index contributed by atoms with van der Waals surface area (Å²) in [7, 11) is 0. The fourth-order valence-corrected chi connectivity index (χ4v) is 3.73. The molecule has 1 aliphatic heterocycles. The average molecular weight is 326 g/mol. The van der Waals surface area contributed by atoms with Crippen molar-refractivity contribution in [3.8, 4) is 0 Å². The first-order valence-electron chi connectivity index (χ1n) is 6.73. The zero-order valence-electron chi connectivity index (χ0n) is 11.6. The topological polar surface area (TPSA) is 69.6 Å². The second-order valence-corrected chi connectivity index (χ2v) is 6.79. The summed E-state index contributed by atoms with van der Waals surface area (Å²) in [6, 6.07) is 1.71. The quantitative estimate of drug-likeness (QED) is 0.778. The lowest BCUT2D eigenvalue weighted by Crippen LogP contribution is -2.39. The molecule has 0 radical (unpaired) electrons. The Bertz CT molecular complexity index is 522. The van der Waals surface area contributed by atoms with Gasteiger partial charge in [-0.3, -0.25) is 9.69 Å². The molecule has 21 heavy (non-hydrogen) atoms. The maximum Gasteiger partial charge on any atom is 0.328 e. The highest BCUT2D eigenvalue weighted by Crippen LogP contribution is 2.16. The van der Waals surface area contributed by atoms with Gasteiger partial charge in [-0.2, -0.15) is 11.8 Å². The molecule has 0 aliphatic carbocycles. The van der Waals surface area contributed by atoms with E-state index in [1.807, 2.05) is 11.8 Å².